The van der Waals surface area contributed by atoms with Crippen LogP contribution in [0.5, 0.6) is 0 Å². The second kappa shape index (κ2) is 8.80. The number of hydrogen-bond acceptors (Lipinski definition) is 3. The lowest BCUT2D eigenvalue weighted by Gasteiger charge is -2.21. The van der Waals surface area contributed by atoms with Crippen LogP contribution in [0.15, 0.2) is 33.8 Å². The molecule has 1 aromatic carbocycles. The van der Waals surface area contributed by atoms with Crippen LogP contribution in [0.4, 0.5) is 0 Å². The molecule has 0 radical (unpaired) electrons. The van der Waals surface area contributed by atoms with Crippen LogP contribution in [0.3, 0.4) is 0 Å². The highest BCUT2D eigenvalue weighted by Crippen LogP contribution is 2.22. The standard InChI is InChI=1S/C20H26BrN3O2/c1-2-4-15-5-3-10-23(11-8-15)19(25)9-12-24-14-22-18-7-6-16(21)13-17(18)20(24)26/h6-7,13-15H,2-5,8-12H2,1H3. The Morgan fingerprint density at radius 1 is 1.31 bits per heavy atom. The third kappa shape index (κ3) is 4.53. The van der Waals surface area contributed by atoms with Gasteiger partial charge < -0.3 is 4.90 Å². The lowest BCUT2D eigenvalue weighted by molar-refractivity contribution is -0.131. The summed E-state index contributed by atoms with van der Waals surface area (Å²) in [4.78, 5) is 31.5. The van der Waals surface area contributed by atoms with Gasteiger partial charge in [0.15, 0.2) is 0 Å². The van der Waals surface area contributed by atoms with Crippen molar-refractivity contribution in [3.63, 3.8) is 0 Å². The molecule has 5 nitrogen and oxygen atoms in total. The van der Waals surface area contributed by atoms with E-state index < -0.39 is 0 Å². The molecule has 1 aromatic heterocycles. The molecule has 3 rings (SSSR count). The van der Waals surface area contributed by atoms with Crippen LogP contribution in [0.2, 0.25) is 0 Å². The van der Waals surface area contributed by atoms with Crippen molar-refractivity contribution in [2.24, 2.45) is 5.92 Å². The Morgan fingerprint density at radius 3 is 2.96 bits per heavy atom. The van der Waals surface area contributed by atoms with Crippen LogP contribution in [-0.4, -0.2) is 33.4 Å². The van der Waals surface area contributed by atoms with Gasteiger partial charge >= 0.3 is 0 Å². The van der Waals surface area contributed by atoms with Crippen LogP contribution in [-0.2, 0) is 11.3 Å². The summed E-state index contributed by atoms with van der Waals surface area (Å²) in [5.74, 6) is 0.895. The van der Waals surface area contributed by atoms with Crippen molar-refractivity contribution in [3.8, 4) is 0 Å². The van der Waals surface area contributed by atoms with Crippen molar-refractivity contribution in [3.05, 3.63) is 39.4 Å². The zero-order chi connectivity index (χ0) is 18.5. The lowest BCUT2D eigenvalue weighted by Crippen LogP contribution is -2.33. The molecule has 0 N–H and O–H groups in total. The monoisotopic (exact) mass is 419 g/mol. The van der Waals surface area contributed by atoms with Crippen molar-refractivity contribution in [2.45, 2.75) is 52.0 Å². The molecule has 2 aromatic rings. The summed E-state index contributed by atoms with van der Waals surface area (Å²) in [6, 6.07) is 5.47. The van der Waals surface area contributed by atoms with E-state index in [1.165, 1.54) is 19.3 Å². The second-order valence-corrected chi connectivity index (χ2v) is 8.04. The normalized spacial score (nSPS) is 18.1. The highest BCUT2D eigenvalue weighted by molar-refractivity contribution is 9.10. The van der Waals surface area contributed by atoms with Crippen LogP contribution in [0.25, 0.3) is 10.9 Å². The minimum atomic E-state index is -0.0945. The molecule has 0 saturated carbocycles. The van der Waals surface area contributed by atoms with Gasteiger partial charge in [-0.25, -0.2) is 4.98 Å². The summed E-state index contributed by atoms with van der Waals surface area (Å²) in [7, 11) is 0. The molecule has 0 spiro atoms. The molecular weight excluding hydrogens is 394 g/mol. The fraction of sp³-hybridized carbons (Fsp3) is 0.550. The average molecular weight is 420 g/mol. The van der Waals surface area contributed by atoms with E-state index in [1.807, 2.05) is 17.0 Å². The molecular formula is C20H26BrN3O2. The third-order valence-electron chi connectivity index (χ3n) is 5.25. The number of fused-ring (bicyclic) bond motifs is 1. The first-order chi connectivity index (χ1) is 12.6. The SMILES string of the molecule is CCCC1CCCN(C(=O)CCn2cnc3ccc(Br)cc3c2=O)CC1. The average Bonchev–Trinajstić information content (AvgIpc) is 2.87. The molecule has 1 unspecified atom stereocenters. The van der Waals surface area contributed by atoms with E-state index in [2.05, 4.69) is 27.8 Å². The number of nitrogens with zero attached hydrogens (tertiary/aromatic N) is 3. The van der Waals surface area contributed by atoms with E-state index in [4.69, 9.17) is 0 Å². The van der Waals surface area contributed by atoms with Gasteiger partial charge in [-0.15, -0.1) is 0 Å². The Bertz CT molecular complexity index is 833. The van der Waals surface area contributed by atoms with E-state index in [1.54, 1.807) is 17.0 Å². The Balaban J connectivity index is 1.63. The van der Waals surface area contributed by atoms with Gasteiger partial charge in [-0.3, -0.25) is 14.2 Å². The highest BCUT2D eigenvalue weighted by atomic mass is 79.9. The summed E-state index contributed by atoms with van der Waals surface area (Å²) in [5, 5.41) is 0.575. The van der Waals surface area contributed by atoms with Crippen molar-refractivity contribution in [1.82, 2.24) is 14.5 Å². The molecule has 6 heteroatoms. The minimum absolute atomic E-state index is 0.0945. The number of rotatable bonds is 5. The maximum atomic E-state index is 12.6. The maximum absolute atomic E-state index is 12.6. The van der Waals surface area contributed by atoms with E-state index in [0.29, 0.717) is 23.9 Å². The maximum Gasteiger partial charge on any atom is 0.261 e. The molecule has 1 aliphatic rings. The number of amides is 1. The van der Waals surface area contributed by atoms with Crippen LogP contribution in [0, 0.1) is 5.92 Å². The van der Waals surface area contributed by atoms with Crippen LogP contribution < -0.4 is 5.56 Å². The van der Waals surface area contributed by atoms with Gasteiger partial charge in [0, 0.05) is 30.5 Å². The lowest BCUT2D eigenvalue weighted by atomic mass is 9.96. The van der Waals surface area contributed by atoms with E-state index in [0.717, 1.165) is 36.3 Å². The number of benzene rings is 1. The topological polar surface area (TPSA) is 55.2 Å². The Kier molecular flexibility index (Phi) is 6.46. The first kappa shape index (κ1) is 19.1. The van der Waals surface area contributed by atoms with Crippen molar-refractivity contribution in [1.29, 1.82) is 0 Å². The quantitative estimate of drug-likeness (QED) is 0.736. The number of carbonyl (C=O) groups is 1. The predicted octanol–water partition coefficient (Wildman–Crippen LogP) is 3.98. The molecule has 1 saturated heterocycles. The zero-order valence-corrected chi connectivity index (χ0v) is 16.9. The highest BCUT2D eigenvalue weighted by Gasteiger charge is 2.20. The Morgan fingerprint density at radius 2 is 2.15 bits per heavy atom. The van der Waals surface area contributed by atoms with Gasteiger partial charge in [-0.1, -0.05) is 35.7 Å². The van der Waals surface area contributed by atoms with E-state index in [9.17, 15) is 9.59 Å². The third-order valence-corrected chi connectivity index (χ3v) is 5.74. The molecule has 0 bridgehead atoms. The molecule has 1 amide bonds. The van der Waals surface area contributed by atoms with Crippen molar-refractivity contribution in [2.75, 3.05) is 13.1 Å². The first-order valence-corrected chi connectivity index (χ1v) is 10.3. The fourth-order valence-corrected chi connectivity index (χ4v) is 4.14. The van der Waals surface area contributed by atoms with Gasteiger partial charge in [-0.05, 0) is 43.4 Å². The molecule has 2 heterocycles. The van der Waals surface area contributed by atoms with Crippen LogP contribution >= 0.6 is 15.9 Å². The molecule has 1 aliphatic heterocycles. The Hall–Kier alpha value is -1.69. The van der Waals surface area contributed by atoms with Crippen LogP contribution in [0.1, 0.15) is 45.4 Å². The number of hydrogen-bond donors (Lipinski definition) is 0. The summed E-state index contributed by atoms with van der Waals surface area (Å²) in [6.07, 6.45) is 7.78. The first-order valence-electron chi connectivity index (χ1n) is 9.51. The van der Waals surface area contributed by atoms with Gasteiger partial charge in [-0.2, -0.15) is 0 Å². The second-order valence-electron chi connectivity index (χ2n) is 7.12. The largest absolute Gasteiger partial charge is 0.343 e. The van der Waals surface area contributed by atoms with Crippen molar-refractivity contribution >= 4 is 32.7 Å². The van der Waals surface area contributed by atoms with Gasteiger partial charge in [0.1, 0.15) is 0 Å². The zero-order valence-electron chi connectivity index (χ0n) is 15.3. The van der Waals surface area contributed by atoms with E-state index in [-0.39, 0.29) is 11.5 Å². The van der Waals surface area contributed by atoms with Gasteiger partial charge in [0.05, 0.1) is 17.2 Å². The molecule has 1 atom stereocenters. The fourth-order valence-electron chi connectivity index (χ4n) is 3.78. The number of carbonyl (C=O) groups excluding carboxylic acids is 1. The number of halogens is 1. The predicted molar refractivity (Wildman–Crippen MR) is 107 cm³/mol. The number of aryl methyl sites for hydroxylation is 1. The Labute approximate surface area is 162 Å². The molecule has 1 fully saturated rings. The summed E-state index contributed by atoms with van der Waals surface area (Å²) in [6.45, 7) is 4.29. The molecule has 26 heavy (non-hydrogen) atoms. The summed E-state index contributed by atoms with van der Waals surface area (Å²) < 4.78 is 2.40. The van der Waals surface area contributed by atoms with Crippen molar-refractivity contribution < 1.29 is 4.79 Å². The smallest absolute Gasteiger partial charge is 0.261 e. The molecule has 140 valence electrons. The molecule has 0 aliphatic carbocycles. The van der Waals surface area contributed by atoms with E-state index >= 15 is 0 Å². The van der Waals surface area contributed by atoms with Gasteiger partial charge in [0.2, 0.25) is 5.91 Å². The summed E-state index contributed by atoms with van der Waals surface area (Å²) in [5.41, 5.74) is 0.582. The summed E-state index contributed by atoms with van der Waals surface area (Å²) >= 11 is 3.39. The number of likely N-dealkylation sites (tertiary alicyclic amines) is 1. The van der Waals surface area contributed by atoms with Gasteiger partial charge in [0.25, 0.3) is 5.56 Å². The minimum Gasteiger partial charge on any atom is -0.343 e. The number of aromatic nitrogens is 2.